The van der Waals surface area contributed by atoms with E-state index < -0.39 is 0 Å². The summed E-state index contributed by atoms with van der Waals surface area (Å²) in [5.74, 6) is -0.283. The highest BCUT2D eigenvalue weighted by Crippen LogP contribution is 2.25. The van der Waals surface area contributed by atoms with Crippen molar-refractivity contribution in [2.75, 3.05) is 0 Å². The van der Waals surface area contributed by atoms with Crippen molar-refractivity contribution in [1.29, 1.82) is 0 Å². The molecule has 0 radical (unpaired) electrons. The van der Waals surface area contributed by atoms with Crippen LogP contribution in [-0.2, 0) is 6.54 Å². The zero-order valence-corrected chi connectivity index (χ0v) is 12.1. The summed E-state index contributed by atoms with van der Waals surface area (Å²) in [7, 11) is 0. The lowest BCUT2D eigenvalue weighted by Crippen LogP contribution is -1.99. The number of carbonyl (C=O) groups is 1. The van der Waals surface area contributed by atoms with E-state index in [0.29, 0.717) is 16.6 Å². The number of benzene rings is 2. The number of nitrogens with zero attached hydrogens (tertiary/aromatic N) is 1. The van der Waals surface area contributed by atoms with Gasteiger partial charge < -0.3 is 4.57 Å². The van der Waals surface area contributed by atoms with Crippen LogP contribution in [-0.4, -0.2) is 10.9 Å². The fourth-order valence-corrected chi connectivity index (χ4v) is 2.74. The standard InChI is InChI=1S/C16H11BrFNO/c17-16-11(4-3-6-14(16)18)8-19-9-12(10-20)13-5-1-2-7-15(13)19/h1-7,9-10H,8H2. The maximum atomic E-state index is 13.6. The fourth-order valence-electron chi connectivity index (χ4n) is 2.35. The number of fused-ring (bicyclic) bond motifs is 1. The zero-order valence-electron chi connectivity index (χ0n) is 10.5. The third kappa shape index (κ3) is 2.16. The van der Waals surface area contributed by atoms with Gasteiger partial charge in [-0.3, -0.25) is 4.79 Å². The second-order valence-corrected chi connectivity index (χ2v) is 5.35. The highest BCUT2D eigenvalue weighted by Gasteiger charge is 2.10. The highest BCUT2D eigenvalue weighted by atomic mass is 79.9. The van der Waals surface area contributed by atoms with Crippen molar-refractivity contribution >= 4 is 33.1 Å². The van der Waals surface area contributed by atoms with Crippen LogP contribution in [0.5, 0.6) is 0 Å². The summed E-state index contributed by atoms with van der Waals surface area (Å²) in [5.41, 5.74) is 2.45. The topological polar surface area (TPSA) is 22.0 Å². The molecule has 3 aromatic rings. The number of aldehydes is 1. The van der Waals surface area contributed by atoms with E-state index in [9.17, 15) is 9.18 Å². The average Bonchev–Trinajstić information content (AvgIpc) is 2.82. The molecule has 0 saturated carbocycles. The number of para-hydroxylation sites is 1. The molecule has 1 aromatic heterocycles. The van der Waals surface area contributed by atoms with E-state index in [4.69, 9.17) is 0 Å². The number of hydrogen-bond acceptors (Lipinski definition) is 1. The summed E-state index contributed by atoms with van der Waals surface area (Å²) >= 11 is 3.27. The van der Waals surface area contributed by atoms with Gasteiger partial charge >= 0.3 is 0 Å². The van der Waals surface area contributed by atoms with Gasteiger partial charge in [0, 0.05) is 29.2 Å². The fraction of sp³-hybridized carbons (Fsp3) is 0.0625. The Hall–Kier alpha value is -1.94. The van der Waals surface area contributed by atoms with Gasteiger partial charge in [-0.15, -0.1) is 0 Å². The molecule has 0 spiro atoms. The number of hydrogen-bond donors (Lipinski definition) is 0. The first-order valence-corrected chi connectivity index (χ1v) is 6.96. The second kappa shape index (κ2) is 5.21. The monoisotopic (exact) mass is 331 g/mol. The van der Waals surface area contributed by atoms with E-state index in [0.717, 1.165) is 22.8 Å². The molecule has 100 valence electrons. The van der Waals surface area contributed by atoms with Crippen molar-refractivity contribution < 1.29 is 9.18 Å². The first-order valence-electron chi connectivity index (χ1n) is 6.16. The lowest BCUT2D eigenvalue weighted by Gasteiger charge is -2.08. The Morgan fingerprint density at radius 3 is 2.75 bits per heavy atom. The van der Waals surface area contributed by atoms with Crippen molar-refractivity contribution in [3.63, 3.8) is 0 Å². The van der Waals surface area contributed by atoms with Gasteiger partial charge in [-0.25, -0.2) is 4.39 Å². The van der Waals surface area contributed by atoms with Crippen LogP contribution >= 0.6 is 15.9 Å². The zero-order chi connectivity index (χ0) is 14.1. The summed E-state index contributed by atoms with van der Waals surface area (Å²) in [6.45, 7) is 0.507. The third-order valence-electron chi connectivity index (χ3n) is 3.32. The van der Waals surface area contributed by atoms with E-state index in [1.165, 1.54) is 6.07 Å². The van der Waals surface area contributed by atoms with Gasteiger partial charge in [0.1, 0.15) is 5.82 Å². The molecule has 2 nitrogen and oxygen atoms in total. The normalized spacial score (nSPS) is 10.9. The van der Waals surface area contributed by atoms with Crippen LogP contribution in [0.2, 0.25) is 0 Å². The Balaban J connectivity index is 2.11. The van der Waals surface area contributed by atoms with Gasteiger partial charge in [0.15, 0.2) is 6.29 Å². The van der Waals surface area contributed by atoms with E-state index in [1.54, 1.807) is 12.3 Å². The van der Waals surface area contributed by atoms with Crippen LogP contribution in [0, 0.1) is 5.82 Å². The Labute approximate surface area is 124 Å². The molecule has 0 aliphatic carbocycles. The minimum absolute atomic E-state index is 0.283. The Bertz CT molecular complexity index is 794. The predicted octanol–water partition coefficient (Wildman–Crippen LogP) is 4.40. The molecule has 0 atom stereocenters. The van der Waals surface area contributed by atoms with E-state index in [1.807, 2.05) is 34.9 Å². The number of rotatable bonds is 3. The largest absolute Gasteiger partial charge is 0.342 e. The van der Waals surface area contributed by atoms with Gasteiger partial charge in [-0.1, -0.05) is 30.3 Å². The Morgan fingerprint density at radius 2 is 1.95 bits per heavy atom. The summed E-state index contributed by atoms with van der Waals surface area (Å²) in [5, 5.41) is 0.912. The molecule has 3 rings (SSSR count). The molecule has 4 heteroatoms. The lowest BCUT2D eigenvalue weighted by atomic mass is 10.2. The van der Waals surface area contributed by atoms with Gasteiger partial charge in [-0.2, -0.15) is 0 Å². The lowest BCUT2D eigenvalue weighted by molar-refractivity contribution is 0.112. The van der Waals surface area contributed by atoms with Gasteiger partial charge in [-0.05, 0) is 33.6 Å². The van der Waals surface area contributed by atoms with Crippen LogP contribution in [0.4, 0.5) is 4.39 Å². The number of carbonyl (C=O) groups excluding carboxylic acids is 1. The van der Waals surface area contributed by atoms with Crippen molar-refractivity contribution in [2.24, 2.45) is 0 Å². The summed E-state index contributed by atoms with van der Waals surface area (Å²) in [6.07, 6.45) is 2.65. The molecular weight excluding hydrogens is 321 g/mol. The van der Waals surface area contributed by atoms with Crippen molar-refractivity contribution in [3.05, 3.63) is 70.1 Å². The first kappa shape index (κ1) is 13.1. The highest BCUT2D eigenvalue weighted by molar-refractivity contribution is 9.10. The quantitative estimate of drug-likeness (QED) is 0.652. The van der Waals surface area contributed by atoms with Crippen LogP contribution in [0.3, 0.4) is 0 Å². The molecule has 0 bridgehead atoms. The van der Waals surface area contributed by atoms with E-state index >= 15 is 0 Å². The van der Waals surface area contributed by atoms with Gasteiger partial charge in [0.2, 0.25) is 0 Å². The van der Waals surface area contributed by atoms with Crippen LogP contribution in [0.15, 0.2) is 53.1 Å². The van der Waals surface area contributed by atoms with E-state index in [-0.39, 0.29) is 5.82 Å². The van der Waals surface area contributed by atoms with E-state index in [2.05, 4.69) is 15.9 Å². The summed E-state index contributed by atoms with van der Waals surface area (Å²) < 4.78 is 16.0. The van der Waals surface area contributed by atoms with Crippen molar-refractivity contribution in [1.82, 2.24) is 4.57 Å². The SMILES string of the molecule is O=Cc1cn(Cc2cccc(F)c2Br)c2ccccc12. The molecule has 0 aliphatic rings. The van der Waals surface area contributed by atoms with Gasteiger partial charge in [0.25, 0.3) is 0 Å². The number of halogens is 2. The molecule has 2 aromatic carbocycles. The van der Waals surface area contributed by atoms with Crippen molar-refractivity contribution in [2.45, 2.75) is 6.54 Å². The molecule has 0 fully saturated rings. The summed E-state index contributed by atoms with van der Waals surface area (Å²) in [6, 6.07) is 12.7. The van der Waals surface area contributed by atoms with Crippen LogP contribution in [0.25, 0.3) is 10.9 Å². The second-order valence-electron chi connectivity index (χ2n) is 4.56. The smallest absolute Gasteiger partial charge is 0.152 e. The first-order chi connectivity index (χ1) is 9.70. The van der Waals surface area contributed by atoms with Crippen LogP contribution in [0.1, 0.15) is 15.9 Å². The number of aromatic nitrogens is 1. The molecule has 0 aliphatic heterocycles. The molecule has 20 heavy (non-hydrogen) atoms. The molecular formula is C16H11BrFNO. The molecule has 0 unspecified atom stereocenters. The molecule has 0 saturated heterocycles. The molecule has 0 amide bonds. The van der Waals surface area contributed by atoms with Gasteiger partial charge in [0.05, 0.1) is 4.47 Å². The molecule has 0 N–H and O–H groups in total. The van der Waals surface area contributed by atoms with Crippen LogP contribution < -0.4 is 0 Å². The Kier molecular flexibility index (Phi) is 3.40. The predicted molar refractivity (Wildman–Crippen MR) is 80.5 cm³/mol. The minimum Gasteiger partial charge on any atom is -0.342 e. The molecule has 1 heterocycles. The summed E-state index contributed by atoms with van der Waals surface area (Å²) in [4.78, 5) is 11.1. The maximum absolute atomic E-state index is 13.6. The maximum Gasteiger partial charge on any atom is 0.152 e. The Morgan fingerprint density at radius 1 is 1.15 bits per heavy atom. The third-order valence-corrected chi connectivity index (χ3v) is 4.21. The average molecular weight is 332 g/mol. The minimum atomic E-state index is -0.283. The van der Waals surface area contributed by atoms with Crippen molar-refractivity contribution in [3.8, 4) is 0 Å².